The maximum atomic E-state index is 12.2. The van der Waals surface area contributed by atoms with Gasteiger partial charge < -0.3 is 9.47 Å². The topological polar surface area (TPSA) is 35.5 Å². The number of hydrogen-bond donors (Lipinski definition) is 0. The van der Waals surface area contributed by atoms with E-state index in [1.54, 1.807) is 36.4 Å². The fourth-order valence-electron chi connectivity index (χ4n) is 1.69. The van der Waals surface area contributed by atoms with E-state index in [2.05, 4.69) is 31.9 Å². The number of hydrogen-bond acceptors (Lipinski definition) is 3. The molecule has 0 N–H and O–H groups in total. The first kappa shape index (κ1) is 17.3. The first-order chi connectivity index (χ1) is 10.4. The molecule has 0 saturated carbocycles. The number of carbonyl (C=O) groups excluding carboxylic acids is 1. The summed E-state index contributed by atoms with van der Waals surface area (Å²) in [6.45, 7) is 3.87. The van der Waals surface area contributed by atoms with Crippen molar-refractivity contribution in [2.75, 3.05) is 0 Å². The third kappa shape index (κ3) is 4.48. The Morgan fingerprint density at radius 2 is 1.68 bits per heavy atom. The van der Waals surface area contributed by atoms with Crippen molar-refractivity contribution in [3.8, 4) is 11.5 Å². The highest BCUT2D eigenvalue weighted by molar-refractivity contribution is 9.10. The fraction of sp³-hybridized carbons (Fsp3) is 0.188. The molecule has 0 aliphatic heterocycles. The van der Waals surface area contributed by atoms with E-state index < -0.39 is 5.97 Å². The Morgan fingerprint density at radius 1 is 1.05 bits per heavy atom. The van der Waals surface area contributed by atoms with E-state index in [1.165, 1.54) is 0 Å². The van der Waals surface area contributed by atoms with E-state index in [0.29, 0.717) is 31.0 Å². The SMILES string of the molecule is CC(C)Oc1ccc(C(=O)Oc2ccc(Cl)cc2Br)cc1Br. The van der Waals surface area contributed by atoms with Crippen molar-refractivity contribution >= 4 is 49.4 Å². The lowest BCUT2D eigenvalue weighted by Gasteiger charge is -2.12. The molecule has 0 radical (unpaired) electrons. The van der Waals surface area contributed by atoms with Gasteiger partial charge >= 0.3 is 5.97 Å². The normalized spacial score (nSPS) is 10.6. The molecule has 0 amide bonds. The summed E-state index contributed by atoms with van der Waals surface area (Å²) in [4.78, 5) is 12.2. The van der Waals surface area contributed by atoms with Crippen molar-refractivity contribution in [3.05, 3.63) is 55.9 Å². The van der Waals surface area contributed by atoms with Gasteiger partial charge in [-0.05, 0) is 82.1 Å². The van der Waals surface area contributed by atoms with E-state index in [9.17, 15) is 4.79 Å². The molecule has 2 aromatic rings. The zero-order chi connectivity index (χ0) is 16.3. The Balaban J connectivity index is 2.17. The lowest BCUT2D eigenvalue weighted by molar-refractivity contribution is 0.0733. The molecule has 22 heavy (non-hydrogen) atoms. The number of benzene rings is 2. The molecular formula is C16H13Br2ClO3. The van der Waals surface area contributed by atoms with E-state index in [-0.39, 0.29) is 6.10 Å². The second kappa shape index (κ2) is 7.49. The van der Waals surface area contributed by atoms with Gasteiger partial charge in [-0.3, -0.25) is 0 Å². The second-order valence-electron chi connectivity index (χ2n) is 4.78. The third-order valence-corrected chi connectivity index (χ3v) is 4.10. The quantitative estimate of drug-likeness (QED) is 0.433. The summed E-state index contributed by atoms with van der Waals surface area (Å²) in [5, 5.41) is 0.560. The molecule has 2 aromatic carbocycles. The van der Waals surface area contributed by atoms with Crippen LogP contribution in [0.2, 0.25) is 5.02 Å². The molecule has 3 nitrogen and oxygen atoms in total. The molecule has 0 spiro atoms. The van der Waals surface area contributed by atoms with Gasteiger partial charge in [-0.1, -0.05) is 11.6 Å². The Bertz CT molecular complexity index is 702. The molecule has 0 unspecified atom stereocenters. The number of carbonyl (C=O) groups is 1. The van der Waals surface area contributed by atoms with Gasteiger partial charge in [0.25, 0.3) is 0 Å². The van der Waals surface area contributed by atoms with Gasteiger partial charge in [0, 0.05) is 5.02 Å². The number of esters is 1. The van der Waals surface area contributed by atoms with Crippen molar-refractivity contribution in [3.63, 3.8) is 0 Å². The largest absolute Gasteiger partial charge is 0.490 e. The Labute approximate surface area is 150 Å². The van der Waals surface area contributed by atoms with E-state index in [1.807, 2.05) is 13.8 Å². The molecule has 0 bridgehead atoms. The van der Waals surface area contributed by atoms with Crippen molar-refractivity contribution < 1.29 is 14.3 Å². The average Bonchev–Trinajstić information content (AvgIpc) is 2.43. The smallest absolute Gasteiger partial charge is 0.343 e. The third-order valence-electron chi connectivity index (χ3n) is 2.63. The molecule has 116 valence electrons. The summed E-state index contributed by atoms with van der Waals surface area (Å²) in [5.41, 5.74) is 0.421. The van der Waals surface area contributed by atoms with Gasteiger partial charge in [-0.2, -0.15) is 0 Å². The summed E-state index contributed by atoms with van der Waals surface area (Å²) >= 11 is 12.6. The Hall–Kier alpha value is -1.04. The fourth-order valence-corrected chi connectivity index (χ4v) is 2.93. The zero-order valence-corrected chi connectivity index (χ0v) is 15.8. The van der Waals surface area contributed by atoms with Gasteiger partial charge in [0.05, 0.1) is 20.6 Å². The van der Waals surface area contributed by atoms with Crippen LogP contribution in [0.4, 0.5) is 0 Å². The van der Waals surface area contributed by atoms with Crippen molar-refractivity contribution in [1.29, 1.82) is 0 Å². The van der Waals surface area contributed by atoms with Gasteiger partial charge in [-0.15, -0.1) is 0 Å². The maximum absolute atomic E-state index is 12.2. The first-order valence-corrected chi connectivity index (χ1v) is 8.46. The van der Waals surface area contributed by atoms with Crippen LogP contribution in [0, 0.1) is 0 Å². The summed E-state index contributed by atoms with van der Waals surface area (Å²) in [6, 6.07) is 10.0. The van der Waals surface area contributed by atoms with Crippen LogP contribution in [-0.4, -0.2) is 12.1 Å². The van der Waals surface area contributed by atoms with E-state index in [0.717, 1.165) is 0 Å². The molecule has 0 heterocycles. The van der Waals surface area contributed by atoms with Crippen LogP contribution < -0.4 is 9.47 Å². The molecule has 0 saturated heterocycles. The molecule has 0 aliphatic rings. The average molecular weight is 449 g/mol. The molecule has 0 aromatic heterocycles. The molecule has 0 fully saturated rings. The Kier molecular flexibility index (Phi) is 5.89. The highest BCUT2D eigenvalue weighted by atomic mass is 79.9. The van der Waals surface area contributed by atoms with Crippen molar-refractivity contribution in [2.45, 2.75) is 20.0 Å². The van der Waals surface area contributed by atoms with Gasteiger partial charge in [-0.25, -0.2) is 4.79 Å². The van der Waals surface area contributed by atoms with Gasteiger partial charge in [0.1, 0.15) is 11.5 Å². The maximum Gasteiger partial charge on any atom is 0.343 e. The minimum Gasteiger partial charge on any atom is -0.490 e. The summed E-state index contributed by atoms with van der Waals surface area (Å²) in [6.07, 6.45) is 0.0547. The summed E-state index contributed by atoms with van der Waals surface area (Å²) < 4.78 is 12.3. The number of rotatable bonds is 4. The zero-order valence-electron chi connectivity index (χ0n) is 11.9. The monoisotopic (exact) mass is 446 g/mol. The summed E-state index contributed by atoms with van der Waals surface area (Å²) in [5.74, 6) is 0.632. The van der Waals surface area contributed by atoms with E-state index in [4.69, 9.17) is 21.1 Å². The van der Waals surface area contributed by atoms with Crippen LogP contribution in [0.3, 0.4) is 0 Å². The Morgan fingerprint density at radius 3 is 2.27 bits per heavy atom. The minimum atomic E-state index is -0.459. The number of halogens is 3. The van der Waals surface area contributed by atoms with Crippen LogP contribution >= 0.6 is 43.5 Å². The van der Waals surface area contributed by atoms with Gasteiger partial charge in [0.2, 0.25) is 0 Å². The molecular weight excluding hydrogens is 435 g/mol. The van der Waals surface area contributed by atoms with Crippen LogP contribution in [0.15, 0.2) is 45.3 Å². The molecule has 6 heteroatoms. The summed E-state index contributed by atoms with van der Waals surface area (Å²) in [7, 11) is 0. The standard InChI is InChI=1S/C16H13Br2ClO3/c1-9(2)21-14-5-3-10(7-12(14)17)16(20)22-15-6-4-11(19)8-13(15)18/h3-9H,1-2H3. The van der Waals surface area contributed by atoms with Crippen molar-refractivity contribution in [2.24, 2.45) is 0 Å². The van der Waals surface area contributed by atoms with Gasteiger partial charge in [0.15, 0.2) is 0 Å². The lowest BCUT2D eigenvalue weighted by Crippen LogP contribution is -2.10. The predicted molar refractivity (Wildman–Crippen MR) is 94.0 cm³/mol. The van der Waals surface area contributed by atoms with Crippen molar-refractivity contribution in [1.82, 2.24) is 0 Å². The van der Waals surface area contributed by atoms with E-state index >= 15 is 0 Å². The lowest BCUT2D eigenvalue weighted by atomic mass is 10.2. The highest BCUT2D eigenvalue weighted by Crippen LogP contribution is 2.30. The highest BCUT2D eigenvalue weighted by Gasteiger charge is 2.14. The van der Waals surface area contributed by atoms with Crippen LogP contribution in [-0.2, 0) is 0 Å². The predicted octanol–water partition coefficient (Wildman–Crippen LogP) is 5.87. The first-order valence-electron chi connectivity index (χ1n) is 6.50. The van der Waals surface area contributed by atoms with Crippen LogP contribution in [0.5, 0.6) is 11.5 Å². The molecule has 0 atom stereocenters. The van der Waals surface area contributed by atoms with Crippen LogP contribution in [0.25, 0.3) is 0 Å². The number of ether oxygens (including phenoxy) is 2. The molecule has 0 aliphatic carbocycles. The second-order valence-corrected chi connectivity index (χ2v) is 6.92. The minimum absolute atomic E-state index is 0.0547. The molecule has 2 rings (SSSR count). The van der Waals surface area contributed by atoms with Crippen LogP contribution in [0.1, 0.15) is 24.2 Å².